The molecular weight excluding hydrogens is 181 g/mol. The number of aliphatic hydroxyl groups is 1. The smallest absolute Gasteiger partial charge is 0.126 e. The van der Waals surface area contributed by atoms with E-state index in [4.69, 9.17) is 5.73 Å². The van der Waals surface area contributed by atoms with Crippen molar-refractivity contribution >= 4 is 0 Å². The quantitative estimate of drug-likeness (QED) is 0.777. The highest BCUT2D eigenvalue weighted by atomic mass is 19.1. The molecule has 0 saturated heterocycles. The van der Waals surface area contributed by atoms with Crippen molar-refractivity contribution in [2.45, 2.75) is 32.4 Å². The molecule has 2 nitrogen and oxygen atoms in total. The maximum atomic E-state index is 13.2. The number of nitrogens with two attached hydrogens (primary N) is 1. The molecule has 2 unspecified atom stereocenters. The number of benzene rings is 1. The third-order valence-electron chi connectivity index (χ3n) is 2.50. The minimum Gasteiger partial charge on any atom is -0.391 e. The molecule has 1 aromatic rings. The number of rotatable bonds is 3. The van der Waals surface area contributed by atoms with E-state index in [1.807, 2.05) is 6.92 Å². The highest BCUT2D eigenvalue weighted by molar-refractivity contribution is 5.30. The second-order valence-electron chi connectivity index (χ2n) is 3.46. The fourth-order valence-electron chi connectivity index (χ4n) is 1.45. The molecule has 14 heavy (non-hydrogen) atoms. The minimum atomic E-state index is -0.615. The molecule has 0 radical (unpaired) electrons. The lowest BCUT2D eigenvalue weighted by Crippen LogP contribution is -2.26. The summed E-state index contributed by atoms with van der Waals surface area (Å²) in [5.74, 6) is -0.277. The van der Waals surface area contributed by atoms with Crippen molar-refractivity contribution in [3.05, 3.63) is 35.1 Å². The SMILES string of the molecule is CCC(O)C(N)c1cccc(F)c1C. The molecule has 0 aliphatic rings. The summed E-state index contributed by atoms with van der Waals surface area (Å²) in [5.41, 5.74) is 7.00. The Balaban J connectivity index is 3.01. The van der Waals surface area contributed by atoms with Gasteiger partial charge in [0.1, 0.15) is 5.82 Å². The summed E-state index contributed by atoms with van der Waals surface area (Å²) in [6.07, 6.45) is -0.0487. The second kappa shape index (κ2) is 4.53. The highest BCUT2D eigenvalue weighted by Gasteiger charge is 2.17. The lowest BCUT2D eigenvalue weighted by Gasteiger charge is -2.19. The summed E-state index contributed by atoms with van der Waals surface area (Å²) < 4.78 is 13.2. The van der Waals surface area contributed by atoms with E-state index in [0.29, 0.717) is 17.5 Å². The van der Waals surface area contributed by atoms with Crippen LogP contribution in [-0.4, -0.2) is 11.2 Å². The van der Waals surface area contributed by atoms with E-state index in [1.54, 1.807) is 19.1 Å². The van der Waals surface area contributed by atoms with Gasteiger partial charge < -0.3 is 10.8 Å². The van der Waals surface area contributed by atoms with Crippen LogP contribution in [0.25, 0.3) is 0 Å². The average Bonchev–Trinajstić information content (AvgIpc) is 2.20. The lowest BCUT2D eigenvalue weighted by molar-refractivity contribution is 0.140. The van der Waals surface area contributed by atoms with Crippen LogP contribution in [0.1, 0.15) is 30.5 Å². The third kappa shape index (κ3) is 2.11. The van der Waals surface area contributed by atoms with Gasteiger partial charge in [-0.1, -0.05) is 19.1 Å². The standard InChI is InChI=1S/C11H16FNO/c1-3-10(14)11(13)8-5-4-6-9(12)7(8)2/h4-6,10-11,14H,3,13H2,1-2H3. The Bertz CT molecular complexity index is 314. The fourth-order valence-corrected chi connectivity index (χ4v) is 1.45. The van der Waals surface area contributed by atoms with Gasteiger partial charge in [-0.3, -0.25) is 0 Å². The van der Waals surface area contributed by atoms with E-state index in [1.165, 1.54) is 6.07 Å². The fraction of sp³-hybridized carbons (Fsp3) is 0.455. The molecule has 1 rings (SSSR count). The molecule has 0 saturated carbocycles. The number of halogens is 1. The Hall–Kier alpha value is -0.930. The van der Waals surface area contributed by atoms with E-state index in [-0.39, 0.29) is 5.82 Å². The van der Waals surface area contributed by atoms with Gasteiger partial charge in [-0.15, -0.1) is 0 Å². The van der Waals surface area contributed by atoms with Crippen molar-refractivity contribution in [1.29, 1.82) is 0 Å². The molecule has 2 atom stereocenters. The summed E-state index contributed by atoms with van der Waals surface area (Å²) in [4.78, 5) is 0. The molecule has 1 aromatic carbocycles. The van der Waals surface area contributed by atoms with Crippen LogP contribution >= 0.6 is 0 Å². The van der Waals surface area contributed by atoms with Crippen LogP contribution in [0.15, 0.2) is 18.2 Å². The number of hydrogen-bond acceptors (Lipinski definition) is 2. The zero-order chi connectivity index (χ0) is 10.7. The van der Waals surface area contributed by atoms with Gasteiger partial charge in [0.15, 0.2) is 0 Å². The molecule has 0 aromatic heterocycles. The molecule has 0 amide bonds. The zero-order valence-electron chi connectivity index (χ0n) is 8.50. The molecule has 0 heterocycles. The molecule has 78 valence electrons. The normalized spacial score (nSPS) is 15.2. The summed E-state index contributed by atoms with van der Waals surface area (Å²) in [5, 5.41) is 9.55. The minimum absolute atomic E-state index is 0.277. The van der Waals surface area contributed by atoms with E-state index in [2.05, 4.69) is 0 Å². The van der Waals surface area contributed by atoms with E-state index < -0.39 is 12.1 Å². The van der Waals surface area contributed by atoms with Gasteiger partial charge >= 0.3 is 0 Å². The lowest BCUT2D eigenvalue weighted by atomic mass is 9.96. The Morgan fingerprint density at radius 3 is 2.71 bits per heavy atom. The van der Waals surface area contributed by atoms with E-state index >= 15 is 0 Å². The number of hydrogen-bond donors (Lipinski definition) is 2. The first kappa shape index (κ1) is 11.1. The van der Waals surface area contributed by atoms with Crippen LogP contribution in [0.2, 0.25) is 0 Å². The summed E-state index contributed by atoms with van der Waals surface area (Å²) in [6, 6.07) is 4.25. The monoisotopic (exact) mass is 197 g/mol. The van der Waals surface area contributed by atoms with Gasteiger partial charge in [0, 0.05) is 0 Å². The Morgan fingerprint density at radius 2 is 2.14 bits per heavy atom. The largest absolute Gasteiger partial charge is 0.391 e. The maximum absolute atomic E-state index is 13.2. The van der Waals surface area contributed by atoms with Crippen molar-refractivity contribution in [2.75, 3.05) is 0 Å². The van der Waals surface area contributed by atoms with Crippen LogP contribution in [0.4, 0.5) is 4.39 Å². The molecule has 0 fully saturated rings. The van der Waals surface area contributed by atoms with Gasteiger partial charge in [-0.2, -0.15) is 0 Å². The van der Waals surface area contributed by atoms with Crippen molar-refractivity contribution in [2.24, 2.45) is 5.73 Å². The topological polar surface area (TPSA) is 46.2 Å². The summed E-state index contributed by atoms with van der Waals surface area (Å²) in [6.45, 7) is 3.52. The van der Waals surface area contributed by atoms with Crippen molar-refractivity contribution < 1.29 is 9.50 Å². The molecule has 0 bridgehead atoms. The molecule has 3 N–H and O–H groups in total. The van der Waals surface area contributed by atoms with Crippen LogP contribution in [-0.2, 0) is 0 Å². The van der Waals surface area contributed by atoms with Crippen molar-refractivity contribution in [1.82, 2.24) is 0 Å². The molecule has 0 spiro atoms. The molecular formula is C11H16FNO. The third-order valence-corrected chi connectivity index (χ3v) is 2.50. The first-order valence-electron chi connectivity index (χ1n) is 4.76. The van der Waals surface area contributed by atoms with Crippen LogP contribution in [0.3, 0.4) is 0 Å². The molecule has 0 aliphatic heterocycles. The first-order valence-corrected chi connectivity index (χ1v) is 4.76. The Kier molecular flexibility index (Phi) is 3.61. The van der Waals surface area contributed by atoms with E-state index in [0.717, 1.165) is 0 Å². The van der Waals surface area contributed by atoms with Crippen LogP contribution < -0.4 is 5.73 Å². The van der Waals surface area contributed by atoms with Crippen molar-refractivity contribution in [3.63, 3.8) is 0 Å². The first-order chi connectivity index (χ1) is 6.57. The van der Waals surface area contributed by atoms with Crippen molar-refractivity contribution in [3.8, 4) is 0 Å². The van der Waals surface area contributed by atoms with E-state index in [9.17, 15) is 9.50 Å². The van der Waals surface area contributed by atoms with Crippen LogP contribution in [0, 0.1) is 12.7 Å². The van der Waals surface area contributed by atoms with Gasteiger partial charge in [0.25, 0.3) is 0 Å². The summed E-state index contributed by atoms with van der Waals surface area (Å²) in [7, 11) is 0. The number of aliphatic hydroxyl groups excluding tert-OH is 1. The predicted molar refractivity (Wildman–Crippen MR) is 54.4 cm³/mol. The van der Waals surface area contributed by atoms with Crippen LogP contribution in [0.5, 0.6) is 0 Å². The Labute approximate surface area is 83.6 Å². The van der Waals surface area contributed by atoms with Gasteiger partial charge in [0.05, 0.1) is 12.1 Å². The zero-order valence-corrected chi connectivity index (χ0v) is 8.50. The van der Waals surface area contributed by atoms with Gasteiger partial charge in [-0.05, 0) is 30.5 Å². The molecule has 0 aliphatic carbocycles. The van der Waals surface area contributed by atoms with Gasteiger partial charge in [0.2, 0.25) is 0 Å². The highest BCUT2D eigenvalue weighted by Crippen LogP contribution is 2.21. The maximum Gasteiger partial charge on any atom is 0.126 e. The predicted octanol–water partition coefficient (Wildman–Crippen LogP) is 1.90. The van der Waals surface area contributed by atoms with Gasteiger partial charge in [-0.25, -0.2) is 4.39 Å². The Morgan fingerprint density at radius 1 is 1.50 bits per heavy atom. The average molecular weight is 197 g/mol. The second-order valence-corrected chi connectivity index (χ2v) is 3.46. The summed E-state index contributed by atoms with van der Waals surface area (Å²) >= 11 is 0. The molecule has 3 heteroatoms.